The SMILES string of the molecule is COC(=O)c1csc(CCCN)n1. The van der Waals surface area contributed by atoms with Crippen LogP contribution in [-0.4, -0.2) is 24.6 Å². The topological polar surface area (TPSA) is 65.2 Å². The number of aryl methyl sites for hydroxylation is 1. The summed E-state index contributed by atoms with van der Waals surface area (Å²) >= 11 is 1.47. The van der Waals surface area contributed by atoms with Crippen molar-refractivity contribution in [3.05, 3.63) is 16.1 Å². The molecule has 0 aromatic carbocycles. The molecule has 0 unspecified atom stereocenters. The summed E-state index contributed by atoms with van der Waals surface area (Å²) in [5.74, 6) is -0.379. The molecule has 0 radical (unpaired) electrons. The highest BCUT2D eigenvalue weighted by atomic mass is 32.1. The Kier molecular flexibility index (Phi) is 3.85. The van der Waals surface area contributed by atoms with Gasteiger partial charge in [0.1, 0.15) is 0 Å². The van der Waals surface area contributed by atoms with Crippen LogP contribution >= 0.6 is 11.3 Å². The second-order valence-corrected chi connectivity index (χ2v) is 3.45. The Balaban J connectivity index is 2.58. The van der Waals surface area contributed by atoms with Crippen molar-refractivity contribution < 1.29 is 9.53 Å². The number of rotatable bonds is 4. The number of carbonyl (C=O) groups excluding carboxylic acids is 1. The van der Waals surface area contributed by atoms with Gasteiger partial charge in [-0.3, -0.25) is 0 Å². The third-order valence-corrected chi connectivity index (χ3v) is 2.45. The maximum atomic E-state index is 11.0. The minimum Gasteiger partial charge on any atom is -0.464 e. The number of methoxy groups -OCH3 is 1. The lowest BCUT2D eigenvalue weighted by Gasteiger charge is -1.92. The van der Waals surface area contributed by atoms with Crippen LogP contribution in [0.4, 0.5) is 0 Å². The van der Waals surface area contributed by atoms with E-state index in [1.54, 1.807) is 5.38 Å². The minimum atomic E-state index is -0.379. The van der Waals surface area contributed by atoms with Crippen molar-refractivity contribution in [1.82, 2.24) is 4.98 Å². The fraction of sp³-hybridized carbons (Fsp3) is 0.500. The van der Waals surface area contributed by atoms with Crippen LogP contribution in [0.3, 0.4) is 0 Å². The fourth-order valence-corrected chi connectivity index (χ4v) is 1.69. The third-order valence-electron chi connectivity index (χ3n) is 1.54. The van der Waals surface area contributed by atoms with Gasteiger partial charge in [-0.05, 0) is 13.0 Å². The quantitative estimate of drug-likeness (QED) is 0.731. The molecule has 5 heteroatoms. The minimum absolute atomic E-state index is 0.379. The highest BCUT2D eigenvalue weighted by Crippen LogP contribution is 2.11. The smallest absolute Gasteiger partial charge is 0.357 e. The summed E-state index contributed by atoms with van der Waals surface area (Å²) in [6.45, 7) is 0.646. The highest BCUT2D eigenvalue weighted by Gasteiger charge is 2.09. The van der Waals surface area contributed by atoms with Crippen molar-refractivity contribution in [1.29, 1.82) is 0 Å². The molecule has 4 nitrogen and oxygen atoms in total. The zero-order valence-corrected chi connectivity index (χ0v) is 8.26. The van der Waals surface area contributed by atoms with Crippen molar-refractivity contribution >= 4 is 17.3 Å². The number of hydrogen-bond acceptors (Lipinski definition) is 5. The van der Waals surface area contributed by atoms with E-state index in [1.807, 2.05) is 0 Å². The van der Waals surface area contributed by atoms with Gasteiger partial charge in [-0.1, -0.05) is 0 Å². The predicted molar refractivity (Wildman–Crippen MR) is 50.8 cm³/mol. The Morgan fingerprint density at radius 1 is 1.77 bits per heavy atom. The molecule has 0 fully saturated rings. The molecule has 0 spiro atoms. The summed E-state index contributed by atoms with van der Waals surface area (Å²) in [5.41, 5.74) is 5.74. The average Bonchev–Trinajstić information content (AvgIpc) is 2.62. The molecule has 0 saturated heterocycles. The Labute approximate surface area is 80.7 Å². The van der Waals surface area contributed by atoms with Gasteiger partial charge in [0.15, 0.2) is 5.69 Å². The van der Waals surface area contributed by atoms with Crippen molar-refractivity contribution in [3.8, 4) is 0 Å². The molecule has 0 aliphatic rings. The summed E-state index contributed by atoms with van der Waals surface area (Å²) in [4.78, 5) is 15.1. The number of nitrogens with zero attached hydrogens (tertiary/aromatic N) is 1. The molecule has 1 aromatic rings. The molecular weight excluding hydrogens is 188 g/mol. The van der Waals surface area contributed by atoms with Crippen LogP contribution in [0.2, 0.25) is 0 Å². The summed E-state index contributed by atoms with van der Waals surface area (Å²) in [7, 11) is 1.35. The first-order valence-corrected chi connectivity index (χ1v) is 4.88. The molecule has 0 aliphatic heterocycles. The first kappa shape index (κ1) is 10.1. The van der Waals surface area contributed by atoms with Crippen LogP contribution in [0, 0.1) is 0 Å². The van der Waals surface area contributed by atoms with Gasteiger partial charge in [-0.15, -0.1) is 11.3 Å². The maximum Gasteiger partial charge on any atom is 0.357 e. The van der Waals surface area contributed by atoms with E-state index in [9.17, 15) is 4.79 Å². The molecule has 0 saturated carbocycles. The van der Waals surface area contributed by atoms with Gasteiger partial charge in [0.25, 0.3) is 0 Å². The van der Waals surface area contributed by atoms with Crippen LogP contribution in [-0.2, 0) is 11.2 Å². The van der Waals surface area contributed by atoms with E-state index in [0.717, 1.165) is 17.8 Å². The van der Waals surface area contributed by atoms with E-state index in [-0.39, 0.29) is 5.97 Å². The van der Waals surface area contributed by atoms with E-state index in [4.69, 9.17) is 5.73 Å². The van der Waals surface area contributed by atoms with E-state index in [2.05, 4.69) is 9.72 Å². The zero-order valence-electron chi connectivity index (χ0n) is 7.45. The van der Waals surface area contributed by atoms with Crippen LogP contribution in [0.15, 0.2) is 5.38 Å². The number of hydrogen-bond donors (Lipinski definition) is 1. The predicted octanol–water partition coefficient (Wildman–Crippen LogP) is 0.821. The number of carbonyl (C=O) groups is 1. The van der Waals surface area contributed by atoms with Crippen LogP contribution in [0.1, 0.15) is 21.9 Å². The third kappa shape index (κ3) is 2.78. The van der Waals surface area contributed by atoms with Gasteiger partial charge in [-0.25, -0.2) is 9.78 Å². The molecule has 13 heavy (non-hydrogen) atoms. The summed E-state index contributed by atoms with van der Waals surface area (Å²) < 4.78 is 4.53. The van der Waals surface area contributed by atoms with E-state index in [1.165, 1.54) is 18.4 Å². The maximum absolute atomic E-state index is 11.0. The van der Waals surface area contributed by atoms with Gasteiger partial charge in [0, 0.05) is 11.8 Å². The van der Waals surface area contributed by atoms with Gasteiger partial charge in [-0.2, -0.15) is 0 Å². The number of ether oxygens (including phenoxy) is 1. The van der Waals surface area contributed by atoms with E-state index < -0.39 is 0 Å². The Morgan fingerprint density at radius 2 is 2.54 bits per heavy atom. The number of aromatic nitrogens is 1. The van der Waals surface area contributed by atoms with Crippen molar-refractivity contribution in [2.24, 2.45) is 5.73 Å². The largest absolute Gasteiger partial charge is 0.464 e. The number of esters is 1. The summed E-state index contributed by atoms with van der Waals surface area (Å²) in [6, 6.07) is 0. The van der Waals surface area contributed by atoms with Crippen molar-refractivity contribution in [3.63, 3.8) is 0 Å². The lowest BCUT2D eigenvalue weighted by molar-refractivity contribution is 0.0594. The normalized spacial score (nSPS) is 10.0. The Morgan fingerprint density at radius 3 is 3.15 bits per heavy atom. The fourth-order valence-electron chi connectivity index (χ4n) is 0.877. The summed E-state index contributed by atoms with van der Waals surface area (Å²) in [6.07, 6.45) is 1.73. The zero-order chi connectivity index (χ0) is 9.68. The Hall–Kier alpha value is -0.940. The summed E-state index contributed by atoms with van der Waals surface area (Å²) in [5, 5.41) is 2.64. The van der Waals surface area contributed by atoms with Gasteiger partial charge >= 0.3 is 5.97 Å². The first-order valence-electron chi connectivity index (χ1n) is 4.00. The molecule has 1 aromatic heterocycles. The molecule has 0 bridgehead atoms. The molecule has 1 heterocycles. The highest BCUT2D eigenvalue weighted by molar-refractivity contribution is 7.09. The molecule has 2 N–H and O–H groups in total. The number of nitrogens with two attached hydrogens (primary N) is 1. The first-order chi connectivity index (χ1) is 6.27. The molecule has 0 aliphatic carbocycles. The van der Waals surface area contributed by atoms with Crippen molar-refractivity contribution in [2.45, 2.75) is 12.8 Å². The molecule has 72 valence electrons. The molecule has 0 atom stereocenters. The number of thiazole rings is 1. The Bertz CT molecular complexity index is 285. The van der Waals surface area contributed by atoms with E-state index in [0.29, 0.717) is 12.2 Å². The standard InChI is InChI=1S/C8H12N2O2S/c1-12-8(11)6-5-13-7(10-6)3-2-4-9/h5H,2-4,9H2,1H3. The molecule has 0 amide bonds. The lowest BCUT2D eigenvalue weighted by Crippen LogP contribution is -2.03. The molecule has 1 rings (SSSR count). The van der Waals surface area contributed by atoms with Crippen LogP contribution in [0.5, 0.6) is 0 Å². The van der Waals surface area contributed by atoms with E-state index >= 15 is 0 Å². The van der Waals surface area contributed by atoms with Gasteiger partial charge in [0.2, 0.25) is 0 Å². The second kappa shape index (κ2) is 4.94. The lowest BCUT2D eigenvalue weighted by atomic mass is 10.3. The second-order valence-electron chi connectivity index (χ2n) is 2.51. The average molecular weight is 200 g/mol. The van der Waals surface area contributed by atoms with Crippen molar-refractivity contribution in [2.75, 3.05) is 13.7 Å². The monoisotopic (exact) mass is 200 g/mol. The van der Waals surface area contributed by atoms with Crippen LogP contribution in [0.25, 0.3) is 0 Å². The van der Waals surface area contributed by atoms with Gasteiger partial charge < -0.3 is 10.5 Å². The van der Waals surface area contributed by atoms with Gasteiger partial charge in [0.05, 0.1) is 12.1 Å². The van der Waals surface area contributed by atoms with Crippen LogP contribution < -0.4 is 5.73 Å². The molecular formula is C8H12N2O2S.